The van der Waals surface area contributed by atoms with Crippen LogP contribution in [0.15, 0.2) is 48.6 Å². The summed E-state index contributed by atoms with van der Waals surface area (Å²) >= 11 is 0. The monoisotopic (exact) mass is 1510 g/mol. The first-order valence-electron chi connectivity index (χ1n) is 42.9. The van der Waals surface area contributed by atoms with Gasteiger partial charge in [-0.1, -0.05) is 346 Å². The molecule has 0 bridgehead atoms. The smallest absolute Gasteiger partial charge is 0.462 e. The highest BCUT2D eigenvalue weighted by Gasteiger charge is 2.30. The lowest BCUT2D eigenvalue weighted by Gasteiger charge is -2.21. The van der Waals surface area contributed by atoms with Gasteiger partial charge < -0.3 is 33.8 Å². The molecular formula is C85H158O17P2. The van der Waals surface area contributed by atoms with E-state index >= 15 is 0 Å². The molecule has 19 heteroatoms. The number of hydrogen-bond donors (Lipinski definition) is 3. The van der Waals surface area contributed by atoms with Gasteiger partial charge in [-0.3, -0.25) is 37.3 Å². The number of rotatable bonds is 82. The summed E-state index contributed by atoms with van der Waals surface area (Å²) in [7, 11) is -9.95. The van der Waals surface area contributed by atoms with Crippen molar-refractivity contribution in [1.82, 2.24) is 0 Å². The first-order valence-corrected chi connectivity index (χ1v) is 45.9. The Labute approximate surface area is 636 Å². The van der Waals surface area contributed by atoms with Gasteiger partial charge in [0.1, 0.15) is 19.3 Å². The summed E-state index contributed by atoms with van der Waals surface area (Å²) in [4.78, 5) is 73.2. The van der Waals surface area contributed by atoms with Crippen molar-refractivity contribution in [1.29, 1.82) is 0 Å². The van der Waals surface area contributed by atoms with Gasteiger partial charge in [0.2, 0.25) is 0 Å². The van der Waals surface area contributed by atoms with Crippen molar-refractivity contribution in [2.24, 2.45) is 0 Å². The molecule has 0 aromatic carbocycles. The largest absolute Gasteiger partial charge is 0.472 e. The Morgan fingerprint density at radius 2 is 0.471 bits per heavy atom. The molecule has 0 aromatic heterocycles. The third-order valence-electron chi connectivity index (χ3n) is 18.8. The Kier molecular flexibility index (Phi) is 75.9. The minimum absolute atomic E-state index is 0.0853. The number of unbranched alkanes of at least 4 members (excludes halogenated alkanes) is 48. The van der Waals surface area contributed by atoms with Crippen LogP contribution in [0.3, 0.4) is 0 Å². The summed E-state index contributed by atoms with van der Waals surface area (Å²) in [6, 6.07) is 0. The van der Waals surface area contributed by atoms with Gasteiger partial charge in [0.05, 0.1) is 26.4 Å². The van der Waals surface area contributed by atoms with E-state index in [1.807, 2.05) is 0 Å². The standard InChI is InChI=1S/C85H158O17P2/c1-5-9-13-17-21-25-29-33-37-39-43-45-49-53-57-61-65-69-82(87)95-75-80(101-84(89)71-67-63-59-55-51-47-41-35-31-27-23-19-15-11-7-3)77-99-103(91,92)97-73-79(86)74-98-104(93,94)100-78-81(102-85(90)72-68-64-60-56-52-48-42-36-32-28-24-20-16-12-8-4)76-96-83(88)70-66-62-58-54-50-46-44-40-38-34-30-26-22-18-14-10-6-2/h23-24,27-28,35-36,41-42,79-81,86H,5-22,25-26,29-34,37-40,43-78H2,1-4H3,(H,91,92)(H,93,94)/b27-23-,28-24-,41-35-,42-36-/t80-,81-/m1/s1. The first-order chi connectivity index (χ1) is 50.7. The summed E-state index contributed by atoms with van der Waals surface area (Å²) in [5, 5.41) is 10.7. The van der Waals surface area contributed by atoms with E-state index in [2.05, 4.69) is 76.3 Å². The normalized spacial score (nSPS) is 14.0. The molecule has 0 fully saturated rings. The molecule has 0 aliphatic heterocycles. The maximum absolute atomic E-state index is 13.1. The lowest BCUT2D eigenvalue weighted by Crippen LogP contribution is -2.30. The topological polar surface area (TPSA) is 237 Å². The highest BCUT2D eigenvalue weighted by atomic mass is 31.2. The predicted molar refractivity (Wildman–Crippen MR) is 427 cm³/mol. The zero-order valence-electron chi connectivity index (χ0n) is 67.0. The fraction of sp³-hybridized carbons (Fsp3) is 0.859. The number of aliphatic hydroxyl groups excluding tert-OH is 1. The average Bonchev–Trinajstić information content (AvgIpc) is 1.21. The van der Waals surface area contributed by atoms with Crippen molar-refractivity contribution in [2.75, 3.05) is 39.6 Å². The van der Waals surface area contributed by atoms with E-state index < -0.39 is 97.5 Å². The third kappa shape index (κ3) is 77.2. The van der Waals surface area contributed by atoms with Crippen molar-refractivity contribution >= 4 is 39.5 Å². The van der Waals surface area contributed by atoms with Crippen LogP contribution in [0.25, 0.3) is 0 Å². The SMILES string of the molecule is CCCCC/C=C\C/C=C\CCCCCCCC(=O)O[C@H](COC(=O)CCCCCCCCCCCCCCCCCCC)COP(=O)(O)OCC(O)COP(=O)(O)OC[C@@H](COC(=O)CCCCCCCCCCCCCCCCCCC)OC(=O)CCCCCCC/C=C\C/C=C\CCCCC. The predicted octanol–water partition coefficient (Wildman–Crippen LogP) is 25.2. The lowest BCUT2D eigenvalue weighted by molar-refractivity contribution is -0.161. The van der Waals surface area contributed by atoms with Crippen LogP contribution in [0.2, 0.25) is 0 Å². The number of carbonyl (C=O) groups is 4. The van der Waals surface area contributed by atoms with Crippen molar-refractivity contribution < 1.29 is 80.2 Å². The molecule has 0 heterocycles. The number of phosphoric ester groups is 2. The number of allylic oxidation sites excluding steroid dienone is 8. The number of aliphatic hydroxyl groups is 1. The second kappa shape index (κ2) is 78.2. The van der Waals surface area contributed by atoms with Gasteiger partial charge >= 0.3 is 39.5 Å². The number of carbonyl (C=O) groups excluding carboxylic acids is 4. The molecule has 0 saturated carbocycles. The van der Waals surface area contributed by atoms with Crippen LogP contribution in [0.5, 0.6) is 0 Å². The molecule has 3 N–H and O–H groups in total. The molecule has 2 unspecified atom stereocenters. The highest BCUT2D eigenvalue weighted by molar-refractivity contribution is 7.47. The Balaban J connectivity index is 5.32. The molecule has 610 valence electrons. The average molecular weight is 1510 g/mol. The molecule has 0 radical (unpaired) electrons. The van der Waals surface area contributed by atoms with Gasteiger partial charge in [-0.15, -0.1) is 0 Å². The summed E-state index contributed by atoms with van der Waals surface area (Å²) in [6.07, 6.45) is 77.8. The fourth-order valence-corrected chi connectivity index (χ4v) is 13.8. The zero-order valence-corrected chi connectivity index (χ0v) is 68.8. The molecule has 0 spiro atoms. The molecule has 0 aliphatic rings. The van der Waals surface area contributed by atoms with E-state index in [9.17, 15) is 43.2 Å². The van der Waals surface area contributed by atoms with Crippen LogP contribution in [-0.4, -0.2) is 96.7 Å². The van der Waals surface area contributed by atoms with E-state index in [4.69, 9.17) is 37.0 Å². The zero-order chi connectivity index (χ0) is 76.0. The minimum atomic E-state index is -4.98. The van der Waals surface area contributed by atoms with Crippen molar-refractivity contribution in [3.05, 3.63) is 48.6 Å². The van der Waals surface area contributed by atoms with E-state index in [0.717, 1.165) is 128 Å². The number of esters is 4. The molecule has 0 amide bonds. The van der Waals surface area contributed by atoms with Crippen LogP contribution in [0, 0.1) is 0 Å². The number of phosphoric acid groups is 2. The van der Waals surface area contributed by atoms with E-state index in [1.165, 1.54) is 205 Å². The minimum Gasteiger partial charge on any atom is -0.462 e. The molecule has 17 nitrogen and oxygen atoms in total. The number of ether oxygens (including phenoxy) is 4. The van der Waals surface area contributed by atoms with Crippen LogP contribution >= 0.6 is 15.6 Å². The molecule has 0 saturated heterocycles. The quantitative estimate of drug-likeness (QED) is 0.0169. The van der Waals surface area contributed by atoms with E-state index in [1.54, 1.807) is 0 Å². The second-order valence-electron chi connectivity index (χ2n) is 29.1. The van der Waals surface area contributed by atoms with Gasteiger partial charge in [-0.25, -0.2) is 9.13 Å². The molecule has 104 heavy (non-hydrogen) atoms. The summed E-state index contributed by atoms with van der Waals surface area (Å²) in [5.41, 5.74) is 0. The maximum atomic E-state index is 13.1. The second-order valence-corrected chi connectivity index (χ2v) is 32.0. The highest BCUT2D eigenvalue weighted by Crippen LogP contribution is 2.45. The van der Waals surface area contributed by atoms with Gasteiger partial charge in [-0.05, 0) is 89.9 Å². The summed E-state index contributed by atoms with van der Waals surface area (Å²) in [5.74, 6) is -2.16. The molecule has 4 atom stereocenters. The maximum Gasteiger partial charge on any atom is 0.472 e. The van der Waals surface area contributed by atoms with Crippen LogP contribution < -0.4 is 0 Å². The van der Waals surface area contributed by atoms with Crippen LogP contribution in [-0.2, 0) is 65.4 Å². The Bertz CT molecular complexity index is 2010. The molecule has 0 aromatic rings. The van der Waals surface area contributed by atoms with E-state index in [0.29, 0.717) is 25.7 Å². The lowest BCUT2D eigenvalue weighted by atomic mass is 10.0. The molecular weight excluding hydrogens is 1350 g/mol. The van der Waals surface area contributed by atoms with Crippen molar-refractivity contribution in [3.8, 4) is 0 Å². The van der Waals surface area contributed by atoms with Gasteiger partial charge in [0, 0.05) is 25.7 Å². The van der Waals surface area contributed by atoms with Crippen LogP contribution in [0.1, 0.15) is 413 Å². The van der Waals surface area contributed by atoms with Gasteiger partial charge in [0.25, 0.3) is 0 Å². The van der Waals surface area contributed by atoms with Gasteiger partial charge in [-0.2, -0.15) is 0 Å². The summed E-state index contributed by atoms with van der Waals surface area (Å²) in [6.45, 7) is 4.91. The fourth-order valence-electron chi connectivity index (χ4n) is 12.2. The van der Waals surface area contributed by atoms with Crippen molar-refractivity contribution in [2.45, 2.75) is 431 Å². The third-order valence-corrected chi connectivity index (χ3v) is 20.7. The van der Waals surface area contributed by atoms with Gasteiger partial charge in [0.15, 0.2) is 12.2 Å². The Morgan fingerprint density at radius 1 is 0.269 bits per heavy atom. The molecule has 0 aliphatic carbocycles. The summed E-state index contributed by atoms with van der Waals surface area (Å²) < 4.78 is 68.8. The molecule has 0 rings (SSSR count). The van der Waals surface area contributed by atoms with E-state index in [-0.39, 0.29) is 25.7 Å². The Morgan fingerprint density at radius 3 is 0.731 bits per heavy atom. The first kappa shape index (κ1) is 101. The van der Waals surface area contributed by atoms with Crippen molar-refractivity contribution in [3.63, 3.8) is 0 Å². The Hall–Kier alpha value is -2.98. The number of hydrogen-bond acceptors (Lipinski definition) is 15. The van der Waals surface area contributed by atoms with Crippen LogP contribution in [0.4, 0.5) is 0 Å².